The molecular formula is C8H9BrN2O. The molecule has 1 aromatic heterocycles. The molecule has 1 heterocycles. The normalized spacial score (nSPS) is 9.83. The van der Waals surface area contributed by atoms with Gasteiger partial charge in [-0.3, -0.25) is 4.79 Å². The van der Waals surface area contributed by atoms with Crippen LogP contribution in [0.25, 0.3) is 0 Å². The number of nitrogen functional groups attached to an aromatic ring is 1. The second kappa shape index (κ2) is 3.67. The Morgan fingerprint density at radius 1 is 1.75 bits per heavy atom. The van der Waals surface area contributed by atoms with Crippen LogP contribution >= 0.6 is 15.9 Å². The molecule has 0 aromatic carbocycles. The van der Waals surface area contributed by atoms with E-state index in [2.05, 4.69) is 20.9 Å². The third-order valence-electron chi connectivity index (χ3n) is 1.56. The summed E-state index contributed by atoms with van der Waals surface area (Å²) in [6.45, 7) is 1.80. The van der Waals surface area contributed by atoms with Crippen LogP contribution in [0.2, 0.25) is 0 Å². The largest absolute Gasteiger partial charge is 0.396 e. The highest BCUT2D eigenvalue weighted by Crippen LogP contribution is 2.21. The molecule has 0 aliphatic rings. The van der Waals surface area contributed by atoms with Gasteiger partial charge in [0.15, 0.2) is 5.78 Å². The average molecular weight is 229 g/mol. The fourth-order valence-electron chi connectivity index (χ4n) is 0.881. The lowest BCUT2D eigenvalue weighted by atomic mass is 10.1. The van der Waals surface area contributed by atoms with Gasteiger partial charge in [-0.1, -0.05) is 6.92 Å². The zero-order valence-electron chi connectivity index (χ0n) is 6.67. The summed E-state index contributed by atoms with van der Waals surface area (Å²) in [4.78, 5) is 15.2. The van der Waals surface area contributed by atoms with Crippen molar-refractivity contribution in [2.75, 3.05) is 5.73 Å². The van der Waals surface area contributed by atoms with E-state index in [1.54, 1.807) is 19.2 Å². The molecule has 3 nitrogen and oxygen atoms in total. The van der Waals surface area contributed by atoms with E-state index >= 15 is 0 Å². The van der Waals surface area contributed by atoms with Crippen LogP contribution in [-0.4, -0.2) is 10.8 Å². The Morgan fingerprint density at radius 2 is 2.42 bits per heavy atom. The predicted octanol–water partition coefficient (Wildman–Crippen LogP) is 2.02. The number of halogens is 1. The number of Topliss-reactive ketones (excluding diaryl/α,β-unsaturated/α-hetero) is 1. The number of carbonyl (C=O) groups is 1. The number of nitrogens with zero attached hydrogens (tertiary/aromatic N) is 1. The quantitative estimate of drug-likeness (QED) is 0.623. The summed E-state index contributed by atoms with van der Waals surface area (Å²) in [7, 11) is 0. The van der Waals surface area contributed by atoms with E-state index in [9.17, 15) is 4.79 Å². The molecular weight excluding hydrogens is 220 g/mol. The second-order valence-corrected chi connectivity index (χ2v) is 3.09. The zero-order valence-corrected chi connectivity index (χ0v) is 8.26. The highest BCUT2D eigenvalue weighted by Gasteiger charge is 2.09. The average Bonchev–Trinajstić information content (AvgIpc) is 2.08. The lowest BCUT2D eigenvalue weighted by Crippen LogP contribution is -2.03. The van der Waals surface area contributed by atoms with Crippen molar-refractivity contribution in [1.29, 1.82) is 0 Å². The number of hydrogen-bond acceptors (Lipinski definition) is 3. The number of anilines is 1. The minimum absolute atomic E-state index is 0.0376. The summed E-state index contributed by atoms with van der Waals surface area (Å²) in [5.41, 5.74) is 6.59. The molecule has 0 fully saturated rings. The number of rotatable bonds is 2. The van der Waals surface area contributed by atoms with E-state index in [0.29, 0.717) is 22.3 Å². The number of ketones is 1. The van der Waals surface area contributed by atoms with E-state index in [4.69, 9.17) is 5.73 Å². The predicted molar refractivity (Wildman–Crippen MR) is 51.0 cm³/mol. The van der Waals surface area contributed by atoms with Gasteiger partial charge < -0.3 is 5.73 Å². The van der Waals surface area contributed by atoms with E-state index in [1.165, 1.54) is 0 Å². The van der Waals surface area contributed by atoms with E-state index in [-0.39, 0.29) is 5.78 Å². The Morgan fingerprint density at radius 3 is 3.00 bits per heavy atom. The van der Waals surface area contributed by atoms with Crippen LogP contribution in [0, 0.1) is 0 Å². The van der Waals surface area contributed by atoms with Gasteiger partial charge in [0.25, 0.3) is 0 Å². The Balaban J connectivity index is 3.16. The minimum Gasteiger partial charge on any atom is -0.396 e. The molecule has 0 amide bonds. The van der Waals surface area contributed by atoms with Crippen molar-refractivity contribution in [2.24, 2.45) is 0 Å². The number of carbonyl (C=O) groups excluding carboxylic acids is 1. The summed E-state index contributed by atoms with van der Waals surface area (Å²) in [5.74, 6) is 0.0376. The van der Waals surface area contributed by atoms with Gasteiger partial charge in [-0.15, -0.1) is 0 Å². The Kier molecular flexibility index (Phi) is 2.81. The Labute approximate surface area is 79.1 Å². The minimum atomic E-state index is 0.0376. The SMILES string of the molecule is CCC(=O)c1ccnc(Br)c1N. The molecule has 0 bridgehead atoms. The van der Waals surface area contributed by atoms with Crippen LogP contribution in [0.4, 0.5) is 5.69 Å². The molecule has 0 radical (unpaired) electrons. The van der Waals surface area contributed by atoms with Crippen LogP contribution < -0.4 is 5.73 Å². The fourth-order valence-corrected chi connectivity index (χ4v) is 1.21. The highest BCUT2D eigenvalue weighted by molar-refractivity contribution is 9.10. The van der Waals surface area contributed by atoms with Gasteiger partial charge in [-0.25, -0.2) is 4.98 Å². The van der Waals surface area contributed by atoms with Gasteiger partial charge in [0.05, 0.1) is 5.69 Å². The lowest BCUT2D eigenvalue weighted by Gasteiger charge is -2.02. The lowest BCUT2D eigenvalue weighted by molar-refractivity contribution is 0.0989. The van der Waals surface area contributed by atoms with E-state index in [1.807, 2.05) is 0 Å². The van der Waals surface area contributed by atoms with Gasteiger partial charge in [0.1, 0.15) is 4.60 Å². The van der Waals surface area contributed by atoms with Gasteiger partial charge in [0, 0.05) is 18.2 Å². The summed E-state index contributed by atoms with van der Waals surface area (Å²) in [6.07, 6.45) is 2.02. The molecule has 0 saturated carbocycles. The maximum Gasteiger partial charge on any atom is 0.164 e. The zero-order chi connectivity index (χ0) is 9.14. The van der Waals surface area contributed by atoms with Crippen LogP contribution in [0.15, 0.2) is 16.9 Å². The van der Waals surface area contributed by atoms with Crippen LogP contribution in [0.3, 0.4) is 0 Å². The molecule has 64 valence electrons. The molecule has 0 unspecified atom stereocenters. The first-order valence-electron chi connectivity index (χ1n) is 3.60. The number of pyridine rings is 1. The van der Waals surface area contributed by atoms with E-state index in [0.717, 1.165) is 0 Å². The number of aromatic nitrogens is 1. The van der Waals surface area contributed by atoms with Crippen molar-refractivity contribution in [3.8, 4) is 0 Å². The van der Waals surface area contributed by atoms with Crippen molar-refractivity contribution in [3.05, 3.63) is 22.4 Å². The third-order valence-corrected chi connectivity index (χ3v) is 2.19. The van der Waals surface area contributed by atoms with Crippen LogP contribution in [0.5, 0.6) is 0 Å². The first-order chi connectivity index (χ1) is 5.66. The summed E-state index contributed by atoms with van der Waals surface area (Å²) >= 11 is 3.16. The highest BCUT2D eigenvalue weighted by atomic mass is 79.9. The maximum absolute atomic E-state index is 11.3. The Bertz CT molecular complexity index is 312. The maximum atomic E-state index is 11.3. The molecule has 4 heteroatoms. The van der Waals surface area contributed by atoms with Crippen molar-refractivity contribution < 1.29 is 4.79 Å². The fraction of sp³-hybridized carbons (Fsp3) is 0.250. The van der Waals surface area contributed by atoms with Crippen LogP contribution in [-0.2, 0) is 0 Å². The summed E-state index contributed by atoms with van der Waals surface area (Å²) in [6, 6.07) is 1.63. The molecule has 0 spiro atoms. The first-order valence-corrected chi connectivity index (χ1v) is 4.39. The molecule has 0 aliphatic carbocycles. The second-order valence-electron chi connectivity index (χ2n) is 2.34. The third kappa shape index (κ3) is 1.64. The summed E-state index contributed by atoms with van der Waals surface area (Å²) in [5, 5.41) is 0. The topological polar surface area (TPSA) is 56.0 Å². The molecule has 2 N–H and O–H groups in total. The molecule has 0 atom stereocenters. The van der Waals surface area contributed by atoms with Gasteiger partial charge in [-0.05, 0) is 22.0 Å². The number of hydrogen-bond donors (Lipinski definition) is 1. The van der Waals surface area contributed by atoms with Gasteiger partial charge in [0.2, 0.25) is 0 Å². The van der Waals surface area contributed by atoms with Crippen molar-refractivity contribution in [2.45, 2.75) is 13.3 Å². The van der Waals surface area contributed by atoms with Crippen molar-refractivity contribution in [3.63, 3.8) is 0 Å². The molecule has 1 aromatic rings. The molecule has 0 saturated heterocycles. The van der Waals surface area contributed by atoms with E-state index < -0.39 is 0 Å². The Hall–Kier alpha value is -0.900. The summed E-state index contributed by atoms with van der Waals surface area (Å²) < 4.78 is 0.529. The van der Waals surface area contributed by atoms with Gasteiger partial charge in [-0.2, -0.15) is 0 Å². The van der Waals surface area contributed by atoms with Crippen molar-refractivity contribution in [1.82, 2.24) is 4.98 Å². The molecule has 1 rings (SSSR count). The molecule has 12 heavy (non-hydrogen) atoms. The number of nitrogens with two attached hydrogens (primary N) is 1. The van der Waals surface area contributed by atoms with Gasteiger partial charge >= 0.3 is 0 Å². The van der Waals surface area contributed by atoms with Crippen LogP contribution in [0.1, 0.15) is 23.7 Å². The first kappa shape index (κ1) is 9.19. The standard InChI is InChI=1S/C8H9BrN2O/c1-2-6(12)5-3-4-11-8(9)7(5)10/h3-4H,2,10H2,1H3. The molecule has 0 aliphatic heterocycles. The monoisotopic (exact) mass is 228 g/mol. The smallest absolute Gasteiger partial charge is 0.164 e. The van der Waals surface area contributed by atoms with Crippen molar-refractivity contribution >= 4 is 27.4 Å².